The molecule has 0 radical (unpaired) electrons. The molecule has 1 rings (SSSR count). The van der Waals surface area contributed by atoms with Crippen LogP contribution in [0.2, 0.25) is 0 Å². The van der Waals surface area contributed by atoms with Crippen molar-refractivity contribution < 1.29 is 9.47 Å². The van der Waals surface area contributed by atoms with Crippen LogP contribution < -0.4 is 0 Å². The van der Waals surface area contributed by atoms with Crippen LogP contribution in [0, 0.1) is 0 Å². The summed E-state index contributed by atoms with van der Waals surface area (Å²) in [4.78, 5) is 0. The van der Waals surface area contributed by atoms with Gasteiger partial charge in [0.25, 0.3) is 0 Å². The van der Waals surface area contributed by atoms with Gasteiger partial charge in [-0.05, 0) is 13.3 Å². The zero-order valence-electron chi connectivity index (χ0n) is 7.38. The van der Waals surface area contributed by atoms with E-state index in [1.807, 2.05) is 6.08 Å². The van der Waals surface area contributed by atoms with Crippen LogP contribution in [0.4, 0.5) is 0 Å². The molecule has 0 saturated carbocycles. The fraction of sp³-hybridized carbons (Fsp3) is 0.778. The van der Waals surface area contributed by atoms with Gasteiger partial charge in [0.1, 0.15) is 0 Å². The summed E-state index contributed by atoms with van der Waals surface area (Å²) in [7, 11) is 0. The minimum absolute atomic E-state index is 0.0173. The summed E-state index contributed by atoms with van der Waals surface area (Å²) in [6, 6.07) is 0. The molecule has 3 heteroatoms. The first-order valence-corrected chi connectivity index (χ1v) is 4.81. The van der Waals surface area contributed by atoms with E-state index in [9.17, 15) is 0 Å². The summed E-state index contributed by atoms with van der Waals surface area (Å²) in [6.07, 6.45) is 4.00. The molecule has 1 aliphatic rings. The molecule has 0 unspecified atom stereocenters. The lowest BCUT2D eigenvalue weighted by atomic mass is 10.1. The van der Waals surface area contributed by atoms with Crippen LogP contribution >= 0.6 is 11.6 Å². The van der Waals surface area contributed by atoms with E-state index in [-0.39, 0.29) is 6.29 Å². The lowest BCUT2D eigenvalue weighted by molar-refractivity contribution is -0.0461. The van der Waals surface area contributed by atoms with Crippen molar-refractivity contribution in [3.63, 3.8) is 0 Å². The number of halogens is 1. The standard InChI is InChI=1S/C9H15ClO2/c1-8(4-5-10)2-3-9-11-6-7-12-9/h4,9H,2-3,5-7H2,1H3/b8-4-. The monoisotopic (exact) mass is 190 g/mol. The molecule has 0 aromatic heterocycles. The van der Waals surface area contributed by atoms with Gasteiger partial charge in [-0.3, -0.25) is 0 Å². The number of allylic oxidation sites excluding steroid dienone is 2. The second-order valence-electron chi connectivity index (χ2n) is 2.91. The molecule has 1 saturated heterocycles. The van der Waals surface area contributed by atoms with Crippen molar-refractivity contribution in [3.05, 3.63) is 11.6 Å². The van der Waals surface area contributed by atoms with Crippen LogP contribution in [-0.2, 0) is 9.47 Å². The fourth-order valence-electron chi connectivity index (χ4n) is 1.15. The molecule has 0 spiro atoms. The molecule has 0 aliphatic carbocycles. The molecule has 1 aliphatic heterocycles. The van der Waals surface area contributed by atoms with E-state index >= 15 is 0 Å². The van der Waals surface area contributed by atoms with Crippen molar-refractivity contribution in [2.75, 3.05) is 19.1 Å². The van der Waals surface area contributed by atoms with Gasteiger partial charge in [-0.15, -0.1) is 11.6 Å². The summed E-state index contributed by atoms with van der Waals surface area (Å²) in [5.41, 5.74) is 1.31. The third kappa shape index (κ3) is 3.57. The van der Waals surface area contributed by atoms with E-state index in [2.05, 4.69) is 6.92 Å². The van der Waals surface area contributed by atoms with Crippen molar-refractivity contribution >= 4 is 11.6 Å². The number of alkyl halides is 1. The highest BCUT2D eigenvalue weighted by atomic mass is 35.5. The second-order valence-corrected chi connectivity index (χ2v) is 3.22. The Morgan fingerprint density at radius 1 is 1.50 bits per heavy atom. The smallest absolute Gasteiger partial charge is 0.158 e. The van der Waals surface area contributed by atoms with Gasteiger partial charge in [0.15, 0.2) is 6.29 Å². The summed E-state index contributed by atoms with van der Waals surface area (Å²) >= 11 is 5.55. The largest absolute Gasteiger partial charge is 0.350 e. The zero-order chi connectivity index (χ0) is 8.81. The molecule has 2 nitrogen and oxygen atoms in total. The molecular formula is C9H15ClO2. The van der Waals surface area contributed by atoms with Crippen LogP contribution in [0.15, 0.2) is 11.6 Å². The van der Waals surface area contributed by atoms with E-state index in [0.29, 0.717) is 5.88 Å². The molecule has 0 N–H and O–H groups in total. The Bertz CT molecular complexity index is 151. The van der Waals surface area contributed by atoms with Crippen LogP contribution in [-0.4, -0.2) is 25.4 Å². The summed E-state index contributed by atoms with van der Waals surface area (Å²) < 4.78 is 10.6. The third-order valence-corrected chi connectivity index (χ3v) is 2.05. The summed E-state index contributed by atoms with van der Waals surface area (Å²) in [6.45, 7) is 3.56. The Labute approximate surface area is 78.5 Å². The normalized spacial score (nSPS) is 20.3. The van der Waals surface area contributed by atoms with Crippen molar-refractivity contribution in [3.8, 4) is 0 Å². The summed E-state index contributed by atoms with van der Waals surface area (Å²) in [5, 5.41) is 0. The van der Waals surface area contributed by atoms with Gasteiger partial charge in [0.2, 0.25) is 0 Å². The average Bonchev–Trinajstić information content (AvgIpc) is 2.53. The van der Waals surface area contributed by atoms with Gasteiger partial charge in [0.05, 0.1) is 13.2 Å². The Balaban J connectivity index is 2.11. The number of ether oxygens (including phenoxy) is 2. The first-order valence-electron chi connectivity index (χ1n) is 4.27. The van der Waals surface area contributed by atoms with Crippen molar-refractivity contribution in [1.29, 1.82) is 0 Å². The van der Waals surface area contributed by atoms with Crippen molar-refractivity contribution in [2.24, 2.45) is 0 Å². The highest BCUT2D eigenvalue weighted by Gasteiger charge is 2.14. The predicted octanol–water partition coefficient (Wildman–Crippen LogP) is 2.32. The quantitative estimate of drug-likeness (QED) is 0.501. The highest BCUT2D eigenvalue weighted by molar-refractivity contribution is 6.18. The van der Waals surface area contributed by atoms with Crippen LogP contribution in [0.25, 0.3) is 0 Å². The molecule has 1 fully saturated rings. The van der Waals surface area contributed by atoms with E-state index in [4.69, 9.17) is 21.1 Å². The molecule has 0 atom stereocenters. The summed E-state index contributed by atoms with van der Waals surface area (Å²) in [5.74, 6) is 0.595. The van der Waals surface area contributed by atoms with E-state index in [0.717, 1.165) is 26.1 Å². The SMILES string of the molecule is C/C(=C/CCl)CCC1OCCO1. The molecule has 0 amide bonds. The molecule has 0 aromatic carbocycles. The Hall–Kier alpha value is -0.0500. The molecule has 12 heavy (non-hydrogen) atoms. The number of rotatable bonds is 4. The Morgan fingerprint density at radius 3 is 2.75 bits per heavy atom. The van der Waals surface area contributed by atoms with Crippen molar-refractivity contribution in [2.45, 2.75) is 26.1 Å². The minimum atomic E-state index is 0.0173. The Morgan fingerprint density at radius 2 is 2.17 bits per heavy atom. The molecule has 70 valence electrons. The van der Waals surface area contributed by atoms with Crippen LogP contribution in [0.3, 0.4) is 0 Å². The Kier molecular flexibility index (Phi) is 4.66. The lowest BCUT2D eigenvalue weighted by Gasteiger charge is -2.08. The maximum absolute atomic E-state index is 5.55. The predicted molar refractivity (Wildman–Crippen MR) is 49.4 cm³/mol. The molecular weight excluding hydrogens is 176 g/mol. The maximum Gasteiger partial charge on any atom is 0.158 e. The first kappa shape index (κ1) is 10.0. The van der Waals surface area contributed by atoms with Crippen LogP contribution in [0.5, 0.6) is 0 Å². The molecule has 0 aromatic rings. The zero-order valence-corrected chi connectivity index (χ0v) is 8.14. The molecule has 0 bridgehead atoms. The van der Waals surface area contributed by atoms with Gasteiger partial charge in [0, 0.05) is 12.3 Å². The average molecular weight is 191 g/mol. The van der Waals surface area contributed by atoms with Gasteiger partial charge >= 0.3 is 0 Å². The molecule has 1 heterocycles. The lowest BCUT2D eigenvalue weighted by Crippen LogP contribution is -2.06. The second kappa shape index (κ2) is 5.57. The third-order valence-electron chi connectivity index (χ3n) is 1.89. The van der Waals surface area contributed by atoms with E-state index < -0.39 is 0 Å². The fourth-order valence-corrected chi connectivity index (χ4v) is 1.42. The van der Waals surface area contributed by atoms with Gasteiger partial charge in [-0.2, -0.15) is 0 Å². The minimum Gasteiger partial charge on any atom is -0.350 e. The highest BCUT2D eigenvalue weighted by Crippen LogP contribution is 2.13. The first-order chi connectivity index (χ1) is 5.83. The van der Waals surface area contributed by atoms with E-state index in [1.54, 1.807) is 0 Å². The van der Waals surface area contributed by atoms with Crippen molar-refractivity contribution in [1.82, 2.24) is 0 Å². The maximum atomic E-state index is 5.55. The topological polar surface area (TPSA) is 18.5 Å². The number of hydrogen-bond acceptors (Lipinski definition) is 2. The van der Waals surface area contributed by atoms with Gasteiger partial charge < -0.3 is 9.47 Å². The van der Waals surface area contributed by atoms with Gasteiger partial charge in [-0.1, -0.05) is 11.6 Å². The van der Waals surface area contributed by atoms with Crippen LogP contribution in [0.1, 0.15) is 19.8 Å². The van der Waals surface area contributed by atoms with E-state index in [1.165, 1.54) is 5.57 Å². The van der Waals surface area contributed by atoms with Gasteiger partial charge in [-0.25, -0.2) is 0 Å². The number of hydrogen-bond donors (Lipinski definition) is 0.